The fraction of sp³-hybridized carbons (Fsp3) is 0.609. The minimum atomic E-state index is -4.66. The lowest BCUT2D eigenvalue weighted by molar-refractivity contribution is -0.161. The lowest BCUT2D eigenvalue weighted by Gasteiger charge is -2.20. The Labute approximate surface area is 349 Å². The SMILES string of the molecule is CC/C=C\CC(O)/C=C/C=C/C/C=C\C/C=C\C/C=C\CCC(=O)O[C@H](COC(=O)CCCCCCC/C=C\C=C/CCCCCC)COP(=O)(O)OC[C@@H](O)CO. The van der Waals surface area contributed by atoms with Gasteiger partial charge in [-0.1, -0.05) is 150 Å². The third-order valence-corrected chi connectivity index (χ3v) is 9.29. The molecule has 0 aliphatic heterocycles. The molecule has 0 heterocycles. The first kappa shape index (κ1) is 54.9. The summed E-state index contributed by atoms with van der Waals surface area (Å²) in [4.78, 5) is 34.9. The van der Waals surface area contributed by atoms with Crippen molar-refractivity contribution in [2.24, 2.45) is 0 Å². The van der Waals surface area contributed by atoms with Crippen LogP contribution < -0.4 is 0 Å². The van der Waals surface area contributed by atoms with E-state index in [1.54, 1.807) is 6.08 Å². The Kier molecular flexibility index (Phi) is 38.4. The van der Waals surface area contributed by atoms with Crippen molar-refractivity contribution in [1.82, 2.24) is 0 Å². The quantitative estimate of drug-likeness (QED) is 0.0154. The molecule has 4 N–H and O–H groups in total. The zero-order valence-electron chi connectivity index (χ0n) is 35.3. The number of carbonyl (C=O) groups is 2. The van der Waals surface area contributed by atoms with E-state index in [0.717, 1.165) is 57.8 Å². The van der Waals surface area contributed by atoms with E-state index in [2.05, 4.69) is 60.9 Å². The van der Waals surface area contributed by atoms with Gasteiger partial charge in [0.15, 0.2) is 6.10 Å². The molecule has 0 bridgehead atoms. The van der Waals surface area contributed by atoms with Gasteiger partial charge >= 0.3 is 19.8 Å². The maximum Gasteiger partial charge on any atom is 0.472 e. The zero-order chi connectivity index (χ0) is 42.8. The number of esters is 2. The van der Waals surface area contributed by atoms with E-state index >= 15 is 0 Å². The maximum atomic E-state index is 12.6. The van der Waals surface area contributed by atoms with Gasteiger partial charge in [-0.2, -0.15) is 0 Å². The van der Waals surface area contributed by atoms with Crippen LogP contribution in [-0.2, 0) is 32.7 Å². The molecule has 0 aromatic carbocycles. The molecule has 330 valence electrons. The van der Waals surface area contributed by atoms with Crippen LogP contribution in [0.2, 0.25) is 0 Å². The summed E-state index contributed by atoms with van der Waals surface area (Å²) in [6.07, 6.45) is 45.7. The number of ether oxygens (including phenoxy) is 2. The summed E-state index contributed by atoms with van der Waals surface area (Å²) in [5, 5.41) is 28.2. The van der Waals surface area contributed by atoms with Crippen molar-refractivity contribution >= 4 is 19.8 Å². The number of aliphatic hydroxyl groups is 3. The van der Waals surface area contributed by atoms with Crippen LogP contribution in [0.15, 0.2) is 97.2 Å². The standard InChI is InChI=1S/C46H75O11P/c1-3-5-7-8-9-10-11-12-13-16-19-22-25-28-32-36-45(50)54-40-44(41-56-58(52,53)55-39-43(49)38-47)57-46(51)37-33-29-26-23-20-17-14-15-18-21-24-27-31-35-42(48)34-30-6-4-2/h6,10-13,15,17-18,20,24,26-27,29-31,35,42-44,47-49H,3-5,7-9,14,16,19,21-23,25,28,32-34,36-41H2,1-2H3,(H,52,53)/b11-10-,13-12-,18-15-,20-17-,27-24+,29-26-,30-6-,35-31+/t42?,43-,44+/m0/s1. The molecule has 2 unspecified atom stereocenters. The van der Waals surface area contributed by atoms with Crippen LogP contribution in [0.25, 0.3) is 0 Å². The van der Waals surface area contributed by atoms with Crippen LogP contribution >= 0.6 is 7.82 Å². The number of allylic oxidation sites excluding steroid dienone is 14. The van der Waals surface area contributed by atoms with Gasteiger partial charge in [0.2, 0.25) is 0 Å². The molecule has 12 heteroatoms. The van der Waals surface area contributed by atoms with Gasteiger partial charge < -0.3 is 29.7 Å². The molecule has 0 rings (SSSR count). The Bertz CT molecular complexity index is 1300. The minimum Gasteiger partial charge on any atom is -0.462 e. The topological polar surface area (TPSA) is 169 Å². The van der Waals surface area contributed by atoms with Crippen molar-refractivity contribution in [3.05, 3.63) is 97.2 Å². The predicted molar refractivity (Wildman–Crippen MR) is 234 cm³/mol. The van der Waals surface area contributed by atoms with E-state index in [-0.39, 0.29) is 19.4 Å². The van der Waals surface area contributed by atoms with E-state index in [1.165, 1.54) is 25.7 Å². The zero-order valence-corrected chi connectivity index (χ0v) is 36.2. The lowest BCUT2D eigenvalue weighted by Crippen LogP contribution is -2.29. The number of unbranched alkanes of at least 4 members (excludes halogenated alkanes) is 9. The first-order valence-corrected chi connectivity index (χ1v) is 22.8. The predicted octanol–water partition coefficient (Wildman–Crippen LogP) is 10.2. The highest BCUT2D eigenvalue weighted by Gasteiger charge is 2.27. The van der Waals surface area contributed by atoms with E-state index in [1.807, 2.05) is 48.6 Å². The molecule has 58 heavy (non-hydrogen) atoms. The van der Waals surface area contributed by atoms with Gasteiger partial charge in [0, 0.05) is 12.8 Å². The van der Waals surface area contributed by atoms with Gasteiger partial charge in [-0.05, 0) is 70.6 Å². The first-order chi connectivity index (χ1) is 28.1. The average Bonchev–Trinajstić information content (AvgIpc) is 3.20. The Morgan fingerprint density at radius 1 is 0.603 bits per heavy atom. The normalized spacial score (nSPS) is 15.3. The number of hydrogen-bond donors (Lipinski definition) is 4. The van der Waals surface area contributed by atoms with Crippen LogP contribution in [0.5, 0.6) is 0 Å². The average molecular weight is 835 g/mol. The monoisotopic (exact) mass is 835 g/mol. The number of rotatable bonds is 38. The Balaban J connectivity index is 4.53. The summed E-state index contributed by atoms with van der Waals surface area (Å²) in [7, 11) is -4.66. The number of phosphoric ester groups is 1. The summed E-state index contributed by atoms with van der Waals surface area (Å²) in [5.74, 6) is -1.07. The maximum absolute atomic E-state index is 12.6. The van der Waals surface area contributed by atoms with Gasteiger partial charge in [-0.3, -0.25) is 18.6 Å². The molecule has 0 aliphatic rings. The second-order valence-electron chi connectivity index (χ2n) is 13.9. The number of phosphoric acid groups is 1. The molecular formula is C46H75O11P. The Hall–Kier alpha value is -3.15. The number of hydrogen-bond acceptors (Lipinski definition) is 10. The van der Waals surface area contributed by atoms with Gasteiger partial charge in [-0.15, -0.1) is 0 Å². The molecule has 0 saturated carbocycles. The smallest absolute Gasteiger partial charge is 0.462 e. The minimum absolute atomic E-state index is 0.0343. The first-order valence-electron chi connectivity index (χ1n) is 21.3. The third-order valence-electron chi connectivity index (χ3n) is 8.34. The van der Waals surface area contributed by atoms with Crippen LogP contribution in [0, 0.1) is 0 Å². The highest BCUT2D eigenvalue weighted by molar-refractivity contribution is 7.47. The van der Waals surface area contributed by atoms with Crippen molar-refractivity contribution < 1.29 is 52.9 Å². The molecule has 0 aliphatic carbocycles. The number of carbonyl (C=O) groups excluding carboxylic acids is 2. The Morgan fingerprint density at radius 2 is 1.19 bits per heavy atom. The fourth-order valence-corrected chi connectivity index (χ4v) is 5.82. The highest BCUT2D eigenvalue weighted by atomic mass is 31.2. The van der Waals surface area contributed by atoms with E-state index in [9.17, 15) is 29.3 Å². The summed E-state index contributed by atoms with van der Waals surface area (Å²) in [5.41, 5.74) is 0. The van der Waals surface area contributed by atoms with Crippen LogP contribution in [0.3, 0.4) is 0 Å². The van der Waals surface area contributed by atoms with Crippen LogP contribution in [0.1, 0.15) is 136 Å². The molecule has 0 amide bonds. The molecule has 0 spiro atoms. The molecule has 11 nitrogen and oxygen atoms in total. The van der Waals surface area contributed by atoms with Crippen LogP contribution in [-0.4, -0.2) is 76.9 Å². The summed E-state index contributed by atoms with van der Waals surface area (Å²) >= 11 is 0. The van der Waals surface area contributed by atoms with Crippen molar-refractivity contribution in [2.45, 2.75) is 154 Å². The molecule has 0 radical (unpaired) electrons. The van der Waals surface area contributed by atoms with Gasteiger partial charge in [0.1, 0.15) is 12.7 Å². The van der Waals surface area contributed by atoms with E-state index in [0.29, 0.717) is 25.7 Å². The van der Waals surface area contributed by atoms with Crippen molar-refractivity contribution in [3.8, 4) is 0 Å². The second-order valence-corrected chi connectivity index (χ2v) is 15.3. The largest absolute Gasteiger partial charge is 0.472 e. The molecule has 0 aromatic rings. The summed E-state index contributed by atoms with van der Waals surface area (Å²) in [6.45, 7) is 2.01. The van der Waals surface area contributed by atoms with Gasteiger partial charge in [0.05, 0.1) is 25.9 Å². The van der Waals surface area contributed by atoms with E-state index in [4.69, 9.17) is 19.1 Å². The van der Waals surface area contributed by atoms with Crippen molar-refractivity contribution in [1.29, 1.82) is 0 Å². The van der Waals surface area contributed by atoms with E-state index < -0.39 is 57.9 Å². The molecule has 4 atom stereocenters. The van der Waals surface area contributed by atoms with Crippen molar-refractivity contribution in [2.75, 3.05) is 26.4 Å². The van der Waals surface area contributed by atoms with Gasteiger partial charge in [0.25, 0.3) is 0 Å². The lowest BCUT2D eigenvalue weighted by atomic mass is 10.1. The second kappa shape index (κ2) is 40.6. The summed E-state index contributed by atoms with van der Waals surface area (Å²) in [6, 6.07) is 0. The third kappa shape index (κ3) is 39.7. The molecular weight excluding hydrogens is 759 g/mol. The van der Waals surface area contributed by atoms with Crippen molar-refractivity contribution in [3.63, 3.8) is 0 Å². The number of aliphatic hydroxyl groups excluding tert-OH is 3. The molecule has 0 fully saturated rings. The van der Waals surface area contributed by atoms with Gasteiger partial charge in [-0.25, -0.2) is 4.57 Å². The highest BCUT2D eigenvalue weighted by Crippen LogP contribution is 2.43. The summed E-state index contributed by atoms with van der Waals surface area (Å²) < 4.78 is 32.6. The van der Waals surface area contributed by atoms with Crippen LogP contribution in [0.4, 0.5) is 0 Å². The Morgan fingerprint density at radius 3 is 1.84 bits per heavy atom. The fourth-order valence-electron chi connectivity index (χ4n) is 5.03. The molecule has 0 saturated heterocycles. The molecule has 0 aromatic heterocycles.